The number of hydrogen-bond acceptors (Lipinski definition) is 5. The molecule has 1 N–H and O–H groups in total. The largest absolute Gasteiger partial charge is 0.504 e. The van der Waals surface area contributed by atoms with Gasteiger partial charge in [-0.05, 0) is 31.7 Å². The van der Waals surface area contributed by atoms with Gasteiger partial charge in [0.1, 0.15) is 5.82 Å². The lowest BCUT2D eigenvalue weighted by molar-refractivity contribution is -0.212. The summed E-state index contributed by atoms with van der Waals surface area (Å²) in [5, 5.41) is 11.1. The summed E-state index contributed by atoms with van der Waals surface area (Å²) in [5.74, 6) is 2.99. The molecule has 5 aliphatic rings. The summed E-state index contributed by atoms with van der Waals surface area (Å²) >= 11 is 0. The van der Waals surface area contributed by atoms with Gasteiger partial charge in [-0.2, -0.15) is 14.9 Å². The standard InChI is InChI=1S/C22H27F3N8O/c23-22(24,25)33-4-3-16(29-33)7-30-8-21(9-30)12-32(13-21)19(34)31-10-20(11-31)5-15(6-20)18-26-17(27-28-18)14-1-2-14/h3-4,14-15H,1-2,5-13H2,(H,26,27,28). The van der Waals surface area contributed by atoms with Crippen LogP contribution >= 0.6 is 0 Å². The maximum Gasteiger partial charge on any atom is 0.504 e. The average Bonchev–Trinajstić information content (AvgIpc) is 3.19. The summed E-state index contributed by atoms with van der Waals surface area (Å²) in [5.41, 5.74) is 0.763. The number of urea groups is 1. The summed E-state index contributed by atoms with van der Waals surface area (Å²) in [7, 11) is 0. The Balaban J connectivity index is 0.844. The van der Waals surface area contributed by atoms with Gasteiger partial charge in [0, 0.05) is 74.7 Å². The molecule has 0 aromatic carbocycles. The van der Waals surface area contributed by atoms with Gasteiger partial charge in [-0.3, -0.25) is 10.00 Å². The van der Waals surface area contributed by atoms with Crippen LogP contribution in [0.2, 0.25) is 0 Å². The Kier molecular flexibility index (Phi) is 4.10. The molecule has 3 aliphatic heterocycles. The fraction of sp³-hybridized carbons (Fsp3) is 0.727. The van der Waals surface area contributed by atoms with Crippen LogP contribution < -0.4 is 0 Å². The minimum Gasteiger partial charge on any atom is -0.323 e. The molecule has 2 aliphatic carbocycles. The zero-order valence-corrected chi connectivity index (χ0v) is 18.8. The zero-order valence-electron chi connectivity index (χ0n) is 18.8. The molecule has 2 spiro atoms. The molecule has 9 nitrogen and oxygen atoms in total. The predicted octanol–water partition coefficient (Wildman–Crippen LogP) is 2.47. The average molecular weight is 477 g/mol. The quantitative estimate of drug-likeness (QED) is 0.733. The molecule has 7 rings (SSSR count). The van der Waals surface area contributed by atoms with Crippen molar-refractivity contribution in [3.63, 3.8) is 0 Å². The maximum absolute atomic E-state index is 12.9. The first-order valence-electron chi connectivity index (χ1n) is 12.0. The lowest BCUT2D eigenvalue weighted by Crippen LogP contribution is -2.75. The molecule has 5 fully saturated rings. The second-order valence-electron chi connectivity index (χ2n) is 11.3. The minimum absolute atomic E-state index is 0.0444. The van der Waals surface area contributed by atoms with E-state index in [-0.39, 0.29) is 21.5 Å². The van der Waals surface area contributed by atoms with E-state index < -0.39 is 6.30 Å². The van der Waals surface area contributed by atoms with Gasteiger partial charge >= 0.3 is 12.3 Å². The summed E-state index contributed by atoms with van der Waals surface area (Å²) in [6.45, 7) is 5.10. The van der Waals surface area contributed by atoms with Crippen molar-refractivity contribution >= 4 is 6.03 Å². The third kappa shape index (κ3) is 3.32. The van der Waals surface area contributed by atoms with Gasteiger partial charge < -0.3 is 9.80 Å². The van der Waals surface area contributed by atoms with Crippen molar-refractivity contribution in [3.8, 4) is 0 Å². The second kappa shape index (κ2) is 6.73. The van der Waals surface area contributed by atoms with Crippen LogP contribution in [0.25, 0.3) is 0 Å². The highest BCUT2D eigenvalue weighted by Gasteiger charge is 2.58. The monoisotopic (exact) mass is 476 g/mol. The molecule has 2 aromatic rings. The lowest BCUT2D eigenvalue weighted by atomic mass is 9.57. The highest BCUT2D eigenvalue weighted by atomic mass is 19.4. The number of H-pyrrole nitrogens is 1. The Hall–Kier alpha value is -2.63. The van der Waals surface area contributed by atoms with Crippen molar-refractivity contribution in [1.29, 1.82) is 0 Å². The fourth-order valence-corrected chi connectivity index (χ4v) is 6.46. The van der Waals surface area contributed by atoms with E-state index in [1.54, 1.807) is 0 Å². The summed E-state index contributed by atoms with van der Waals surface area (Å²) in [6, 6.07) is 1.53. The van der Waals surface area contributed by atoms with Crippen molar-refractivity contribution in [2.24, 2.45) is 10.8 Å². The Labute approximate surface area is 194 Å². The van der Waals surface area contributed by atoms with Gasteiger partial charge in [-0.15, -0.1) is 13.2 Å². The third-order valence-electron chi connectivity index (χ3n) is 8.26. The van der Waals surface area contributed by atoms with E-state index in [1.807, 2.05) is 9.80 Å². The number of nitrogens with one attached hydrogen (secondary N) is 1. The van der Waals surface area contributed by atoms with Crippen molar-refractivity contribution < 1.29 is 18.0 Å². The maximum atomic E-state index is 12.9. The van der Waals surface area contributed by atoms with Gasteiger partial charge in [-0.1, -0.05) is 0 Å². The molecule has 0 bridgehead atoms. The van der Waals surface area contributed by atoms with E-state index in [0.29, 0.717) is 24.1 Å². The van der Waals surface area contributed by atoms with E-state index in [4.69, 9.17) is 0 Å². The van der Waals surface area contributed by atoms with Crippen LogP contribution in [0, 0.1) is 10.8 Å². The molecule has 2 aromatic heterocycles. The first-order valence-corrected chi connectivity index (χ1v) is 12.0. The molecular formula is C22H27F3N8O. The number of carbonyl (C=O) groups is 1. The van der Waals surface area contributed by atoms with Gasteiger partial charge in [0.2, 0.25) is 0 Å². The Morgan fingerprint density at radius 2 is 1.71 bits per heavy atom. The first-order chi connectivity index (χ1) is 16.2. The predicted molar refractivity (Wildman–Crippen MR) is 113 cm³/mol. The van der Waals surface area contributed by atoms with E-state index >= 15 is 0 Å². The number of rotatable bonds is 4. The molecule has 2 amide bonds. The molecule has 0 unspecified atom stereocenters. The number of carbonyl (C=O) groups excluding carboxylic acids is 1. The topological polar surface area (TPSA) is 86.2 Å². The number of aromatic amines is 1. The number of likely N-dealkylation sites (tertiary alicyclic amines) is 3. The number of alkyl halides is 3. The first kappa shape index (κ1) is 20.7. The number of nitrogens with zero attached hydrogens (tertiary/aromatic N) is 7. The number of amides is 2. The molecule has 0 radical (unpaired) electrons. The molecular weight excluding hydrogens is 449 g/mol. The second-order valence-corrected chi connectivity index (χ2v) is 11.3. The smallest absolute Gasteiger partial charge is 0.323 e. The molecule has 0 atom stereocenters. The highest BCUT2D eigenvalue weighted by molar-refractivity contribution is 5.77. The van der Waals surface area contributed by atoms with Crippen LogP contribution in [-0.4, -0.2) is 85.0 Å². The van der Waals surface area contributed by atoms with Gasteiger partial charge in [-0.25, -0.2) is 9.78 Å². The SMILES string of the molecule is O=C(N1CC2(CC(c3nc(C4CC4)n[nH]3)C2)C1)N1CC2(CN(Cc3ccn(C(F)(F)F)n3)C2)C1. The van der Waals surface area contributed by atoms with E-state index in [2.05, 4.69) is 25.2 Å². The summed E-state index contributed by atoms with van der Waals surface area (Å²) < 4.78 is 38.1. The van der Waals surface area contributed by atoms with Crippen molar-refractivity contribution in [1.82, 2.24) is 39.7 Å². The number of aromatic nitrogens is 5. The van der Waals surface area contributed by atoms with Crippen LogP contribution in [-0.2, 0) is 12.8 Å². The molecule has 12 heteroatoms. The van der Waals surface area contributed by atoms with Crippen molar-refractivity contribution in [2.75, 3.05) is 39.3 Å². The van der Waals surface area contributed by atoms with Crippen molar-refractivity contribution in [3.05, 3.63) is 29.6 Å². The summed E-state index contributed by atoms with van der Waals surface area (Å²) in [4.78, 5) is 23.5. The van der Waals surface area contributed by atoms with Gasteiger partial charge in [0.25, 0.3) is 0 Å². The fourth-order valence-electron chi connectivity index (χ4n) is 6.46. The third-order valence-corrected chi connectivity index (χ3v) is 8.26. The number of hydrogen-bond donors (Lipinski definition) is 1. The molecule has 5 heterocycles. The van der Waals surface area contributed by atoms with Crippen LogP contribution in [0.5, 0.6) is 0 Å². The number of halogens is 3. The van der Waals surface area contributed by atoms with Crippen LogP contribution in [0.3, 0.4) is 0 Å². The van der Waals surface area contributed by atoms with E-state index in [9.17, 15) is 18.0 Å². The van der Waals surface area contributed by atoms with Crippen LogP contribution in [0.4, 0.5) is 18.0 Å². The lowest BCUT2D eigenvalue weighted by Gasteiger charge is -2.63. The molecule has 34 heavy (non-hydrogen) atoms. The van der Waals surface area contributed by atoms with E-state index in [1.165, 1.54) is 18.9 Å². The molecule has 182 valence electrons. The Bertz CT molecular complexity index is 1110. The Morgan fingerprint density at radius 1 is 1.03 bits per heavy atom. The van der Waals surface area contributed by atoms with Crippen molar-refractivity contribution in [2.45, 2.75) is 50.4 Å². The van der Waals surface area contributed by atoms with Gasteiger partial charge in [0.05, 0.1) is 5.69 Å². The van der Waals surface area contributed by atoms with Crippen LogP contribution in [0.15, 0.2) is 12.3 Å². The minimum atomic E-state index is -4.48. The van der Waals surface area contributed by atoms with Gasteiger partial charge in [0.15, 0.2) is 5.82 Å². The zero-order chi connectivity index (χ0) is 23.3. The molecule has 2 saturated carbocycles. The molecule has 3 saturated heterocycles. The Morgan fingerprint density at radius 3 is 2.32 bits per heavy atom. The normalized spacial score (nSPS) is 25.7. The highest BCUT2D eigenvalue weighted by Crippen LogP contribution is 2.56. The van der Waals surface area contributed by atoms with E-state index in [0.717, 1.165) is 70.0 Å². The van der Waals surface area contributed by atoms with Crippen LogP contribution in [0.1, 0.15) is 54.9 Å². The summed E-state index contributed by atoms with van der Waals surface area (Å²) in [6.07, 6.45) is 1.01.